The number of carbonyl (C=O) groups is 2. The van der Waals surface area contributed by atoms with Gasteiger partial charge in [-0.05, 0) is 49.8 Å². The van der Waals surface area contributed by atoms with Gasteiger partial charge in [-0.25, -0.2) is 4.98 Å². The summed E-state index contributed by atoms with van der Waals surface area (Å²) >= 11 is 1.37. The van der Waals surface area contributed by atoms with Gasteiger partial charge in [0.2, 0.25) is 0 Å². The number of hydrogen-bond donors (Lipinski definition) is 0. The standard InChI is InChI=1S/C26H29N5O4S/c1-17-22(36-23(29-17)20-15-27-9-10-28-20)25(33)31-13-8-26(16-31)6-11-30(12-7-26)24(32)19-14-18(34-2)4-5-21(19)35-3/h4-5,9-10,14-15H,6-8,11-13,16H2,1-3H3. The Kier molecular flexibility index (Phi) is 6.61. The minimum Gasteiger partial charge on any atom is -0.497 e. The molecule has 2 saturated heterocycles. The number of methoxy groups -OCH3 is 2. The number of ether oxygens (including phenoxy) is 2. The first-order valence-electron chi connectivity index (χ1n) is 12.0. The summed E-state index contributed by atoms with van der Waals surface area (Å²) in [5, 5.41) is 0.706. The molecule has 0 N–H and O–H groups in total. The lowest BCUT2D eigenvalue weighted by molar-refractivity contribution is 0.0563. The molecular formula is C26H29N5O4S. The predicted octanol–water partition coefficient (Wildman–Crippen LogP) is 3.69. The number of rotatable bonds is 5. The molecule has 0 radical (unpaired) electrons. The van der Waals surface area contributed by atoms with Gasteiger partial charge in [0, 0.05) is 38.6 Å². The molecule has 5 rings (SSSR count). The van der Waals surface area contributed by atoms with Crippen LogP contribution in [0, 0.1) is 12.3 Å². The first kappa shape index (κ1) is 24.2. The Morgan fingerprint density at radius 3 is 2.42 bits per heavy atom. The van der Waals surface area contributed by atoms with Crippen molar-refractivity contribution in [2.45, 2.75) is 26.2 Å². The van der Waals surface area contributed by atoms with E-state index in [0.29, 0.717) is 58.8 Å². The zero-order valence-electron chi connectivity index (χ0n) is 20.7. The number of hydrogen-bond acceptors (Lipinski definition) is 8. The smallest absolute Gasteiger partial charge is 0.265 e. The lowest BCUT2D eigenvalue weighted by Gasteiger charge is -2.39. The molecule has 2 amide bonds. The van der Waals surface area contributed by atoms with Crippen molar-refractivity contribution < 1.29 is 19.1 Å². The number of thiazole rings is 1. The molecule has 188 valence electrons. The third-order valence-electron chi connectivity index (χ3n) is 7.25. The Morgan fingerprint density at radius 2 is 1.75 bits per heavy atom. The molecule has 36 heavy (non-hydrogen) atoms. The average Bonchev–Trinajstić information content (AvgIpc) is 3.52. The lowest BCUT2D eigenvalue weighted by atomic mass is 9.77. The Morgan fingerprint density at radius 1 is 1.00 bits per heavy atom. The fraction of sp³-hybridized carbons (Fsp3) is 0.423. The van der Waals surface area contributed by atoms with Crippen LogP contribution in [0.15, 0.2) is 36.8 Å². The van der Waals surface area contributed by atoms with Gasteiger partial charge in [-0.3, -0.25) is 19.6 Å². The molecule has 2 aliphatic rings. The van der Waals surface area contributed by atoms with Crippen LogP contribution in [0.2, 0.25) is 0 Å². The van der Waals surface area contributed by atoms with E-state index in [1.54, 1.807) is 51.0 Å². The lowest BCUT2D eigenvalue weighted by Crippen LogP contribution is -2.44. The normalized spacial score (nSPS) is 16.9. The fourth-order valence-corrected chi connectivity index (χ4v) is 6.11. The van der Waals surface area contributed by atoms with Crippen molar-refractivity contribution in [1.29, 1.82) is 0 Å². The highest BCUT2D eigenvalue weighted by Gasteiger charge is 2.43. The van der Waals surface area contributed by atoms with E-state index >= 15 is 0 Å². The molecule has 0 unspecified atom stereocenters. The van der Waals surface area contributed by atoms with E-state index in [9.17, 15) is 9.59 Å². The zero-order chi connectivity index (χ0) is 25.3. The van der Waals surface area contributed by atoms with Crippen molar-refractivity contribution in [3.63, 3.8) is 0 Å². The van der Waals surface area contributed by atoms with Crippen LogP contribution in [0.25, 0.3) is 10.7 Å². The summed E-state index contributed by atoms with van der Waals surface area (Å²) in [5.74, 6) is 1.14. The predicted molar refractivity (Wildman–Crippen MR) is 136 cm³/mol. The van der Waals surface area contributed by atoms with Gasteiger partial charge >= 0.3 is 0 Å². The topological polar surface area (TPSA) is 97.8 Å². The summed E-state index contributed by atoms with van der Waals surface area (Å²) in [6, 6.07) is 5.27. The molecular weight excluding hydrogens is 478 g/mol. The van der Waals surface area contributed by atoms with Gasteiger partial charge in [-0.2, -0.15) is 0 Å². The molecule has 0 atom stereocenters. The molecule has 0 saturated carbocycles. The van der Waals surface area contributed by atoms with Crippen molar-refractivity contribution in [3.05, 3.63) is 52.9 Å². The highest BCUT2D eigenvalue weighted by molar-refractivity contribution is 7.17. The second kappa shape index (κ2) is 9.85. The van der Waals surface area contributed by atoms with E-state index in [2.05, 4.69) is 15.0 Å². The van der Waals surface area contributed by atoms with Crippen molar-refractivity contribution in [2.75, 3.05) is 40.4 Å². The van der Waals surface area contributed by atoms with Crippen LogP contribution in [0.1, 0.15) is 45.0 Å². The van der Waals surface area contributed by atoms with Crippen LogP contribution >= 0.6 is 11.3 Å². The van der Waals surface area contributed by atoms with E-state index in [1.165, 1.54) is 11.3 Å². The molecule has 1 aromatic carbocycles. The number of aryl methyl sites for hydroxylation is 1. The number of nitrogens with zero attached hydrogens (tertiary/aromatic N) is 5. The number of aromatic nitrogens is 3. The highest BCUT2D eigenvalue weighted by atomic mass is 32.1. The molecule has 10 heteroatoms. The number of likely N-dealkylation sites (tertiary alicyclic amines) is 2. The molecule has 2 aromatic heterocycles. The summed E-state index contributed by atoms with van der Waals surface area (Å²) in [4.78, 5) is 44.1. The Hall–Kier alpha value is -3.53. The maximum atomic E-state index is 13.4. The van der Waals surface area contributed by atoms with Crippen LogP contribution in [0.3, 0.4) is 0 Å². The maximum absolute atomic E-state index is 13.4. The zero-order valence-corrected chi connectivity index (χ0v) is 21.5. The first-order valence-corrected chi connectivity index (χ1v) is 12.8. The molecule has 0 bridgehead atoms. The van der Waals surface area contributed by atoms with E-state index in [4.69, 9.17) is 9.47 Å². The van der Waals surface area contributed by atoms with Crippen molar-refractivity contribution in [2.24, 2.45) is 5.41 Å². The average molecular weight is 508 g/mol. The van der Waals surface area contributed by atoms with Gasteiger partial charge in [-0.1, -0.05) is 0 Å². The van der Waals surface area contributed by atoms with Gasteiger partial charge in [0.15, 0.2) is 0 Å². The number of carbonyl (C=O) groups excluding carboxylic acids is 2. The molecule has 1 spiro atoms. The van der Waals surface area contributed by atoms with Crippen LogP contribution < -0.4 is 9.47 Å². The van der Waals surface area contributed by atoms with Crippen LogP contribution in [0.4, 0.5) is 0 Å². The number of benzene rings is 1. The molecule has 2 aliphatic heterocycles. The van der Waals surface area contributed by atoms with Crippen LogP contribution in [0.5, 0.6) is 11.5 Å². The minimum atomic E-state index is -0.0524. The van der Waals surface area contributed by atoms with Crippen molar-refractivity contribution >= 4 is 23.2 Å². The summed E-state index contributed by atoms with van der Waals surface area (Å²) in [6.45, 7) is 4.59. The molecule has 4 heterocycles. The Bertz CT molecular complexity index is 1270. The van der Waals surface area contributed by atoms with Gasteiger partial charge in [0.05, 0.1) is 31.7 Å². The van der Waals surface area contributed by atoms with E-state index < -0.39 is 0 Å². The van der Waals surface area contributed by atoms with Gasteiger partial charge in [0.25, 0.3) is 11.8 Å². The molecule has 9 nitrogen and oxygen atoms in total. The fourth-order valence-electron chi connectivity index (χ4n) is 5.11. The van der Waals surface area contributed by atoms with E-state index in [1.807, 2.05) is 16.7 Å². The summed E-state index contributed by atoms with van der Waals surface area (Å²) in [6.07, 6.45) is 7.57. The van der Waals surface area contributed by atoms with E-state index in [0.717, 1.165) is 25.0 Å². The summed E-state index contributed by atoms with van der Waals surface area (Å²) < 4.78 is 10.7. The Balaban J connectivity index is 1.24. The SMILES string of the molecule is COc1ccc(OC)c(C(=O)N2CCC3(CC2)CCN(C(=O)c2sc(-c4cnccn4)nc2C)C3)c1. The Labute approximate surface area is 214 Å². The van der Waals surface area contributed by atoms with Crippen LogP contribution in [-0.2, 0) is 0 Å². The summed E-state index contributed by atoms with van der Waals surface area (Å²) in [7, 11) is 3.15. The van der Waals surface area contributed by atoms with E-state index in [-0.39, 0.29) is 17.2 Å². The van der Waals surface area contributed by atoms with Crippen molar-refractivity contribution in [1.82, 2.24) is 24.8 Å². The number of piperidine rings is 1. The summed E-state index contributed by atoms with van der Waals surface area (Å²) in [5.41, 5.74) is 1.94. The monoisotopic (exact) mass is 507 g/mol. The van der Waals surface area contributed by atoms with Gasteiger partial charge in [-0.15, -0.1) is 11.3 Å². The molecule has 3 aromatic rings. The third-order valence-corrected chi connectivity index (χ3v) is 8.41. The van der Waals surface area contributed by atoms with Gasteiger partial charge in [0.1, 0.15) is 27.1 Å². The quantitative estimate of drug-likeness (QED) is 0.519. The molecule has 0 aliphatic carbocycles. The number of amides is 2. The largest absolute Gasteiger partial charge is 0.497 e. The highest BCUT2D eigenvalue weighted by Crippen LogP contribution is 2.42. The maximum Gasteiger partial charge on any atom is 0.265 e. The van der Waals surface area contributed by atoms with Crippen LogP contribution in [-0.4, -0.2) is 77.0 Å². The van der Waals surface area contributed by atoms with Gasteiger partial charge < -0.3 is 19.3 Å². The second-order valence-electron chi connectivity index (χ2n) is 9.36. The third kappa shape index (κ3) is 4.53. The molecule has 2 fully saturated rings. The first-order chi connectivity index (χ1) is 17.4. The second-order valence-corrected chi connectivity index (χ2v) is 10.4. The van der Waals surface area contributed by atoms with Crippen molar-refractivity contribution in [3.8, 4) is 22.2 Å². The minimum absolute atomic E-state index is 0.0247.